The third-order valence-corrected chi connectivity index (χ3v) is 4.37. The van der Waals surface area contributed by atoms with E-state index in [9.17, 15) is 4.79 Å². The summed E-state index contributed by atoms with van der Waals surface area (Å²) >= 11 is 0. The Bertz CT molecular complexity index is 648. The van der Waals surface area contributed by atoms with E-state index < -0.39 is 0 Å². The maximum Gasteiger partial charge on any atom is 0.229 e. The lowest BCUT2D eigenvalue weighted by molar-refractivity contribution is -0.134. The zero-order valence-corrected chi connectivity index (χ0v) is 14.1. The van der Waals surface area contributed by atoms with Crippen LogP contribution < -0.4 is 5.32 Å². The molecule has 0 bridgehead atoms. The predicted molar refractivity (Wildman–Crippen MR) is 90.2 cm³/mol. The summed E-state index contributed by atoms with van der Waals surface area (Å²) in [6.07, 6.45) is 5.11. The number of rotatable bonds is 5. The fourth-order valence-electron chi connectivity index (χ4n) is 3.16. The van der Waals surface area contributed by atoms with E-state index in [1.54, 1.807) is 6.20 Å². The fourth-order valence-corrected chi connectivity index (χ4v) is 3.16. The second kappa shape index (κ2) is 8.06. The number of aromatic nitrogens is 2. The van der Waals surface area contributed by atoms with Gasteiger partial charge in [-0.3, -0.25) is 9.78 Å². The van der Waals surface area contributed by atoms with E-state index in [0.717, 1.165) is 43.8 Å². The van der Waals surface area contributed by atoms with Crippen LogP contribution in [0, 0.1) is 6.92 Å². The van der Waals surface area contributed by atoms with Crippen LogP contribution >= 0.6 is 0 Å². The van der Waals surface area contributed by atoms with Crippen LogP contribution in [0.1, 0.15) is 36.4 Å². The number of amides is 1. The number of aryl methyl sites for hydroxylation is 1. The largest absolute Gasteiger partial charge is 0.361 e. The molecular formula is C18H24N4O2. The normalized spacial score (nSPS) is 18.1. The van der Waals surface area contributed by atoms with Crippen molar-refractivity contribution >= 4 is 5.91 Å². The van der Waals surface area contributed by atoms with Crippen LogP contribution in [0.15, 0.2) is 35.0 Å². The van der Waals surface area contributed by atoms with Crippen molar-refractivity contribution in [3.8, 4) is 0 Å². The molecule has 1 atom stereocenters. The summed E-state index contributed by atoms with van der Waals surface area (Å²) in [5, 5.41) is 7.37. The van der Waals surface area contributed by atoms with Gasteiger partial charge in [0.2, 0.25) is 5.91 Å². The highest BCUT2D eigenvalue weighted by atomic mass is 16.5. The molecule has 0 aliphatic carbocycles. The first-order valence-electron chi connectivity index (χ1n) is 8.54. The zero-order valence-electron chi connectivity index (χ0n) is 14.1. The van der Waals surface area contributed by atoms with Crippen molar-refractivity contribution in [3.05, 3.63) is 47.6 Å². The molecule has 0 spiro atoms. The van der Waals surface area contributed by atoms with Gasteiger partial charge in [-0.2, -0.15) is 0 Å². The van der Waals surface area contributed by atoms with Gasteiger partial charge < -0.3 is 14.7 Å². The van der Waals surface area contributed by atoms with Crippen molar-refractivity contribution < 1.29 is 9.32 Å². The van der Waals surface area contributed by atoms with E-state index in [1.165, 1.54) is 0 Å². The van der Waals surface area contributed by atoms with Crippen molar-refractivity contribution in [2.24, 2.45) is 0 Å². The Kier molecular flexibility index (Phi) is 5.59. The van der Waals surface area contributed by atoms with Crippen molar-refractivity contribution in [2.75, 3.05) is 13.1 Å². The number of hydrogen-bond donors (Lipinski definition) is 1. The Morgan fingerprint density at radius 3 is 3.00 bits per heavy atom. The number of carbonyl (C=O) groups excluding carboxylic acids is 1. The molecule has 3 rings (SSSR count). The van der Waals surface area contributed by atoms with Crippen molar-refractivity contribution in [3.63, 3.8) is 0 Å². The number of hydrogen-bond acceptors (Lipinski definition) is 5. The zero-order chi connectivity index (χ0) is 16.8. The minimum absolute atomic E-state index is 0.0841. The van der Waals surface area contributed by atoms with E-state index in [0.29, 0.717) is 12.2 Å². The lowest BCUT2D eigenvalue weighted by Crippen LogP contribution is -2.41. The highest BCUT2D eigenvalue weighted by molar-refractivity contribution is 5.78. The molecule has 1 saturated heterocycles. The lowest BCUT2D eigenvalue weighted by Gasteiger charge is -2.31. The molecule has 128 valence electrons. The van der Waals surface area contributed by atoms with Crippen LogP contribution in [-0.4, -0.2) is 40.1 Å². The number of nitrogens with zero attached hydrogens (tertiary/aromatic N) is 3. The average molecular weight is 328 g/mol. The molecule has 1 N–H and O–H groups in total. The minimum Gasteiger partial charge on any atom is -0.361 e. The number of nitrogens with one attached hydrogen (secondary N) is 1. The summed E-state index contributed by atoms with van der Waals surface area (Å²) < 4.78 is 5.09. The summed E-state index contributed by atoms with van der Waals surface area (Å²) in [6, 6.07) is 7.88. The van der Waals surface area contributed by atoms with E-state index in [1.807, 2.05) is 36.1 Å². The Morgan fingerprint density at radius 2 is 2.25 bits per heavy atom. The summed E-state index contributed by atoms with van der Waals surface area (Å²) in [5.74, 6) is 0.814. The topological polar surface area (TPSA) is 71.3 Å². The minimum atomic E-state index is 0.0841. The van der Waals surface area contributed by atoms with Crippen LogP contribution in [0.3, 0.4) is 0 Å². The third kappa shape index (κ3) is 4.41. The van der Waals surface area contributed by atoms with E-state index in [2.05, 4.69) is 15.5 Å². The lowest BCUT2D eigenvalue weighted by atomic mass is 10.1. The highest BCUT2D eigenvalue weighted by Gasteiger charge is 2.25. The Balaban J connectivity index is 1.75. The quantitative estimate of drug-likeness (QED) is 0.910. The van der Waals surface area contributed by atoms with E-state index >= 15 is 0 Å². The van der Waals surface area contributed by atoms with Crippen molar-refractivity contribution in [1.82, 2.24) is 20.4 Å². The van der Waals surface area contributed by atoms with Gasteiger partial charge in [-0.1, -0.05) is 11.2 Å². The molecule has 24 heavy (non-hydrogen) atoms. The Morgan fingerprint density at radius 1 is 1.33 bits per heavy atom. The Labute approximate surface area is 142 Å². The number of carbonyl (C=O) groups is 1. The monoisotopic (exact) mass is 328 g/mol. The SMILES string of the molecule is Cc1cc(CC(=O)N(Cc2ccccn2)C2CCCNCC2)no1. The van der Waals surface area contributed by atoms with Crippen LogP contribution in [0.5, 0.6) is 0 Å². The standard InChI is InChI=1S/C18H24N4O2/c1-14-11-16(21-24-14)12-18(23)22(13-15-5-2-3-9-20-15)17-6-4-8-19-10-7-17/h2-3,5,9,11,17,19H,4,6-8,10,12-13H2,1H3. The molecule has 6 heteroatoms. The van der Waals surface area contributed by atoms with Crippen LogP contribution in [0.2, 0.25) is 0 Å². The van der Waals surface area contributed by atoms with Gasteiger partial charge in [0.1, 0.15) is 5.76 Å². The molecule has 1 amide bonds. The van der Waals surface area contributed by atoms with Gasteiger partial charge >= 0.3 is 0 Å². The summed E-state index contributed by atoms with van der Waals surface area (Å²) in [6.45, 7) is 4.34. The molecule has 1 unspecified atom stereocenters. The average Bonchev–Trinajstić information content (AvgIpc) is 2.84. The maximum absolute atomic E-state index is 12.9. The molecule has 1 aliphatic heterocycles. The highest BCUT2D eigenvalue weighted by Crippen LogP contribution is 2.18. The predicted octanol–water partition coefficient (Wildman–Crippen LogP) is 2.09. The van der Waals surface area contributed by atoms with Gasteiger partial charge in [0, 0.05) is 18.3 Å². The smallest absolute Gasteiger partial charge is 0.229 e. The summed E-state index contributed by atoms with van der Waals surface area (Å²) in [5.41, 5.74) is 1.61. The Hall–Kier alpha value is -2.21. The fraction of sp³-hybridized carbons (Fsp3) is 0.500. The van der Waals surface area contributed by atoms with Crippen molar-refractivity contribution in [1.29, 1.82) is 0 Å². The van der Waals surface area contributed by atoms with Gasteiger partial charge in [0.25, 0.3) is 0 Å². The maximum atomic E-state index is 12.9. The second-order valence-electron chi connectivity index (χ2n) is 6.28. The van der Waals surface area contributed by atoms with Gasteiger partial charge in [0.05, 0.1) is 24.4 Å². The van der Waals surface area contributed by atoms with Crippen molar-refractivity contribution in [2.45, 2.75) is 45.2 Å². The van der Waals surface area contributed by atoms with Gasteiger partial charge in [-0.25, -0.2) is 0 Å². The molecule has 1 aliphatic rings. The van der Waals surface area contributed by atoms with Gasteiger partial charge in [-0.05, 0) is 51.4 Å². The molecular weight excluding hydrogens is 304 g/mol. The van der Waals surface area contributed by atoms with Crippen LogP contribution in [-0.2, 0) is 17.8 Å². The molecule has 0 saturated carbocycles. The van der Waals surface area contributed by atoms with Gasteiger partial charge in [0.15, 0.2) is 0 Å². The van der Waals surface area contributed by atoms with Crippen LogP contribution in [0.4, 0.5) is 0 Å². The van der Waals surface area contributed by atoms with Crippen LogP contribution in [0.25, 0.3) is 0 Å². The molecule has 3 heterocycles. The first-order valence-corrected chi connectivity index (χ1v) is 8.54. The third-order valence-electron chi connectivity index (χ3n) is 4.37. The first kappa shape index (κ1) is 16.6. The summed E-state index contributed by atoms with van der Waals surface area (Å²) in [7, 11) is 0. The second-order valence-corrected chi connectivity index (χ2v) is 6.28. The molecule has 0 aromatic carbocycles. The first-order chi connectivity index (χ1) is 11.7. The number of pyridine rings is 1. The molecule has 0 radical (unpaired) electrons. The van der Waals surface area contributed by atoms with E-state index in [4.69, 9.17) is 4.52 Å². The molecule has 2 aromatic rings. The van der Waals surface area contributed by atoms with Gasteiger partial charge in [-0.15, -0.1) is 0 Å². The molecule has 2 aromatic heterocycles. The summed E-state index contributed by atoms with van der Waals surface area (Å²) in [4.78, 5) is 19.3. The van der Waals surface area contributed by atoms with E-state index in [-0.39, 0.29) is 18.4 Å². The molecule has 6 nitrogen and oxygen atoms in total. The molecule has 1 fully saturated rings.